The van der Waals surface area contributed by atoms with Gasteiger partial charge in [-0.15, -0.1) is 0 Å². The van der Waals surface area contributed by atoms with Gasteiger partial charge in [-0.1, -0.05) is 20.3 Å². The highest BCUT2D eigenvalue weighted by Crippen LogP contribution is 2.19. The van der Waals surface area contributed by atoms with Crippen molar-refractivity contribution in [2.24, 2.45) is 5.92 Å². The van der Waals surface area contributed by atoms with Gasteiger partial charge in [0.05, 0.1) is 7.11 Å². The average molecular weight is 242 g/mol. The van der Waals surface area contributed by atoms with E-state index >= 15 is 0 Å². The maximum atomic E-state index is 11.5. The molecule has 4 heteroatoms. The molecule has 1 heterocycles. The first-order chi connectivity index (χ1) is 8.21. The van der Waals surface area contributed by atoms with Crippen LogP contribution >= 0.6 is 0 Å². The van der Waals surface area contributed by atoms with Crippen molar-refractivity contribution in [3.63, 3.8) is 0 Å². The number of likely N-dealkylation sites (N-methyl/N-ethyl adjacent to an activating group) is 1. The van der Waals surface area contributed by atoms with Gasteiger partial charge in [-0.25, -0.2) is 0 Å². The van der Waals surface area contributed by atoms with Crippen LogP contribution in [0.4, 0.5) is 0 Å². The van der Waals surface area contributed by atoms with E-state index in [0.717, 1.165) is 25.4 Å². The number of nitrogens with zero attached hydrogens (tertiary/aromatic N) is 1. The highest BCUT2D eigenvalue weighted by atomic mass is 16.5. The molecule has 0 saturated carbocycles. The molecule has 1 N–H and O–H groups in total. The topological polar surface area (TPSA) is 41.6 Å². The molecule has 0 aromatic rings. The molecule has 1 rings (SSSR count). The molecule has 17 heavy (non-hydrogen) atoms. The van der Waals surface area contributed by atoms with Crippen molar-refractivity contribution in [3.8, 4) is 0 Å². The molecule has 1 saturated heterocycles. The normalized spacial score (nSPS) is 22.6. The third kappa shape index (κ3) is 4.64. The number of carbonyl (C=O) groups excluding carboxylic acids is 1. The number of hydrogen-bond donors (Lipinski definition) is 1. The average Bonchev–Trinajstić information content (AvgIpc) is 2.81. The Balaban J connectivity index is 2.29. The maximum Gasteiger partial charge on any atom is 0.322 e. The highest BCUT2D eigenvalue weighted by Gasteiger charge is 2.23. The zero-order valence-electron chi connectivity index (χ0n) is 11.4. The van der Waals surface area contributed by atoms with Crippen LogP contribution < -0.4 is 5.32 Å². The summed E-state index contributed by atoms with van der Waals surface area (Å²) in [6.45, 7) is 8.43. The molecule has 0 aromatic heterocycles. The van der Waals surface area contributed by atoms with E-state index in [2.05, 4.69) is 17.1 Å². The summed E-state index contributed by atoms with van der Waals surface area (Å²) in [5.74, 6) is 0.712. The molecule has 1 fully saturated rings. The molecule has 0 spiro atoms. The van der Waals surface area contributed by atoms with Crippen LogP contribution in [-0.2, 0) is 9.53 Å². The molecule has 0 bridgehead atoms. The summed E-state index contributed by atoms with van der Waals surface area (Å²) >= 11 is 0. The van der Waals surface area contributed by atoms with Crippen LogP contribution in [0.3, 0.4) is 0 Å². The fraction of sp³-hybridized carbons (Fsp3) is 0.923. The lowest BCUT2D eigenvalue weighted by molar-refractivity contribution is -0.143. The first-order valence-electron chi connectivity index (χ1n) is 6.74. The summed E-state index contributed by atoms with van der Waals surface area (Å²) in [6, 6.07) is -0.148. The standard InChI is InChI=1S/C13H26N2O2/c1-4-11-6-8-15(10-11)9-7-12(14-5-2)13(16)17-3/h11-12,14H,4-10H2,1-3H3. The number of hydrogen-bond acceptors (Lipinski definition) is 4. The van der Waals surface area contributed by atoms with Crippen molar-refractivity contribution in [2.75, 3.05) is 33.3 Å². The third-order valence-corrected chi connectivity index (χ3v) is 3.62. The van der Waals surface area contributed by atoms with E-state index in [1.165, 1.54) is 33.0 Å². The van der Waals surface area contributed by atoms with Gasteiger partial charge in [0.2, 0.25) is 0 Å². The number of likely N-dealkylation sites (tertiary alicyclic amines) is 1. The minimum atomic E-state index is -0.148. The van der Waals surface area contributed by atoms with E-state index < -0.39 is 0 Å². The van der Waals surface area contributed by atoms with Crippen molar-refractivity contribution in [1.82, 2.24) is 10.2 Å². The second kappa shape index (κ2) is 7.67. The molecule has 0 amide bonds. The summed E-state index contributed by atoms with van der Waals surface area (Å²) in [7, 11) is 1.45. The van der Waals surface area contributed by atoms with Crippen LogP contribution in [0.5, 0.6) is 0 Å². The summed E-state index contributed by atoms with van der Waals surface area (Å²) < 4.78 is 4.80. The van der Waals surface area contributed by atoms with Crippen LogP contribution in [0.15, 0.2) is 0 Å². The van der Waals surface area contributed by atoms with Crippen LogP contribution in [-0.4, -0.2) is 50.2 Å². The third-order valence-electron chi connectivity index (χ3n) is 3.62. The fourth-order valence-electron chi connectivity index (χ4n) is 2.45. The number of nitrogens with one attached hydrogen (secondary N) is 1. The Morgan fingerprint density at radius 2 is 2.29 bits per heavy atom. The van der Waals surface area contributed by atoms with Gasteiger partial charge < -0.3 is 15.0 Å². The zero-order chi connectivity index (χ0) is 12.7. The second-order valence-corrected chi connectivity index (χ2v) is 4.79. The molecule has 1 aliphatic heterocycles. The Morgan fingerprint density at radius 3 is 2.82 bits per heavy atom. The predicted molar refractivity (Wildman–Crippen MR) is 68.9 cm³/mol. The van der Waals surface area contributed by atoms with E-state index in [4.69, 9.17) is 4.74 Å². The molecular weight excluding hydrogens is 216 g/mol. The van der Waals surface area contributed by atoms with E-state index in [1.54, 1.807) is 0 Å². The van der Waals surface area contributed by atoms with Gasteiger partial charge in [0.1, 0.15) is 6.04 Å². The van der Waals surface area contributed by atoms with Gasteiger partial charge in [-0.3, -0.25) is 4.79 Å². The SMILES string of the molecule is CCNC(CCN1CCC(CC)C1)C(=O)OC. The lowest BCUT2D eigenvalue weighted by Crippen LogP contribution is -2.40. The molecule has 0 radical (unpaired) electrons. The number of ether oxygens (including phenoxy) is 1. The van der Waals surface area contributed by atoms with Gasteiger partial charge >= 0.3 is 5.97 Å². The zero-order valence-corrected chi connectivity index (χ0v) is 11.4. The lowest BCUT2D eigenvalue weighted by Gasteiger charge is -2.20. The van der Waals surface area contributed by atoms with Crippen molar-refractivity contribution in [2.45, 2.75) is 39.2 Å². The van der Waals surface area contributed by atoms with Crippen LogP contribution in [0.1, 0.15) is 33.1 Å². The smallest absolute Gasteiger partial charge is 0.322 e. The Morgan fingerprint density at radius 1 is 1.53 bits per heavy atom. The number of esters is 1. The van der Waals surface area contributed by atoms with Crippen molar-refractivity contribution in [3.05, 3.63) is 0 Å². The molecule has 2 unspecified atom stereocenters. The van der Waals surface area contributed by atoms with Gasteiger partial charge in [-0.2, -0.15) is 0 Å². The Labute approximate surface area is 105 Å². The molecule has 1 aliphatic rings. The second-order valence-electron chi connectivity index (χ2n) is 4.79. The van der Waals surface area contributed by atoms with Crippen LogP contribution in [0, 0.1) is 5.92 Å². The Kier molecular flexibility index (Phi) is 6.52. The number of carbonyl (C=O) groups is 1. The first-order valence-corrected chi connectivity index (χ1v) is 6.74. The molecule has 0 aromatic carbocycles. The van der Waals surface area contributed by atoms with Gasteiger partial charge in [-0.05, 0) is 31.8 Å². The Hall–Kier alpha value is -0.610. The molecule has 100 valence electrons. The fourth-order valence-corrected chi connectivity index (χ4v) is 2.45. The highest BCUT2D eigenvalue weighted by molar-refractivity contribution is 5.75. The largest absolute Gasteiger partial charge is 0.468 e. The molecular formula is C13H26N2O2. The number of rotatable bonds is 7. The summed E-state index contributed by atoms with van der Waals surface area (Å²) in [4.78, 5) is 14.0. The summed E-state index contributed by atoms with van der Waals surface area (Å²) in [5.41, 5.74) is 0. The van der Waals surface area contributed by atoms with E-state index in [1.807, 2.05) is 6.92 Å². The summed E-state index contributed by atoms with van der Waals surface area (Å²) in [5, 5.41) is 3.18. The molecule has 2 atom stereocenters. The van der Waals surface area contributed by atoms with Gasteiger partial charge in [0.15, 0.2) is 0 Å². The Bertz CT molecular complexity index is 233. The van der Waals surface area contributed by atoms with Crippen molar-refractivity contribution in [1.29, 1.82) is 0 Å². The quantitative estimate of drug-likeness (QED) is 0.682. The molecule has 0 aliphatic carbocycles. The minimum Gasteiger partial charge on any atom is -0.468 e. The van der Waals surface area contributed by atoms with Crippen LogP contribution in [0.25, 0.3) is 0 Å². The van der Waals surface area contributed by atoms with Crippen LogP contribution in [0.2, 0.25) is 0 Å². The lowest BCUT2D eigenvalue weighted by atomic mass is 10.1. The van der Waals surface area contributed by atoms with E-state index in [9.17, 15) is 4.79 Å². The van der Waals surface area contributed by atoms with E-state index in [0.29, 0.717) is 0 Å². The minimum absolute atomic E-state index is 0.141. The van der Waals surface area contributed by atoms with Gasteiger partial charge in [0.25, 0.3) is 0 Å². The predicted octanol–water partition coefficient (Wildman–Crippen LogP) is 1.26. The number of methoxy groups -OCH3 is 1. The first kappa shape index (κ1) is 14.5. The van der Waals surface area contributed by atoms with E-state index in [-0.39, 0.29) is 12.0 Å². The summed E-state index contributed by atoms with van der Waals surface area (Å²) in [6.07, 6.45) is 3.42. The van der Waals surface area contributed by atoms with Gasteiger partial charge in [0, 0.05) is 13.1 Å². The monoisotopic (exact) mass is 242 g/mol. The molecule has 4 nitrogen and oxygen atoms in total. The van der Waals surface area contributed by atoms with Crippen molar-refractivity contribution >= 4 is 5.97 Å². The maximum absolute atomic E-state index is 11.5. The van der Waals surface area contributed by atoms with Crippen molar-refractivity contribution < 1.29 is 9.53 Å².